The van der Waals surface area contributed by atoms with E-state index in [4.69, 9.17) is 9.47 Å². The first-order valence-corrected chi connectivity index (χ1v) is 13.6. The fraction of sp³-hybridized carbons (Fsp3) is 0.233. The first kappa shape index (κ1) is 26.4. The van der Waals surface area contributed by atoms with Gasteiger partial charge in [-0.15, -0.1) is 0 Å². The van der Waals surface area contributed by atoms with Crippen LogP contribution in [0.2, 0.25) is 0 Å². The highest BCUT2D eigenvalue weighted by atomic mass is 32.1. The van der Waals surface area contributed by atoms with Crippen molar-refractivity contribution < 1.29 is 28.6 Å². The van der Waals surface area contributed by atoms with Gasteiger partial charge in [0.2, 0.25) is 0 Å². The van der Waals surface area contributed by atoms with E-state index in [1.165, 1.54) is 23.1 Å². The lowest BCUT2D eigenvalue weighted by molar-refractivity contribution is -0.132. The third kappa shape index (κ3) is 5.09. The zero-order chi connectivity index (χ0) is 27.5. The molecule has 0 spiro atoms. The molecule has 1 unspecified atom stereocenters. The van der Waals surface area contributed by atoms with Gasteiger partial charge < -0.3 is 14.6 Å². The van der Waals surface area contributed by atoms with Crippen LogP contribution in [0, 0.1) is 5.82 Å². The molecule has 1 aliphatic rings. The molecule has 1 aromatic heterocycles. The lowest BCUT2D eigenvalue weighted by atomic mass is 9.95. The van der Waals surface area contributed by atoms with E-state index in [0.717, 1.165) is 24.2 Å². The van der Waals surface area contributed by atoms with E-state index in [1.807, 2.05) is 6.92 Å². The minimum absolute atomic E-state index is 0.0706. The van der Waals surface area contributed by atoms with Gasteiger partial charge in [0.25, 0.3) is 5.78 Å². The molecule has 1 amide bonds. The minimum Gasteiger partial charge on any atom is -0.507 e. The summed E-state index contributed by atoms with van der Waals surface area (Å²) in [5, 5.41) is 11.5. The molecule has 0 saturated carbocycles. The number of Topliss-reactive ketones (excluding diaryl/α,β-unsaturated/α-hetero) is 1. The van der Waals surface area contributed by atoms with Crippen molar-refractivity contribution in [3.05, 3.63) is 89.2 Å². The summed E-state index contributed by atoms with van der Waals surface area (Å²) < 4.78 is 26.2. The molecule has 39 heavy (non-hydrogen) atoms. The summed E-state index contributed by atoms with van der Waals surface area (Å²) in [5.41, 5.74) is 1.35. The molecule has 0 radical (unpaired) electrons. The number of ketones is 1. The van der Waals surface area contributed by atoms with Crippen molar-refractivity contribution in [1.82, 2.24) is 4.98 Å². The number of thiazole rings is 1. The molecule has 1 atom stereocenters. The van der Waals surface area contributed by atoms with E-state index in [1.54, 1.807) is 48.5 Å². The summed E-state index contributed by atoms with van der Waals surface area (Å²) in [6, 6.07) is 16.9. The number of hydrogen-bond acceptors (Lipinski definition) is 7. The SMILES string of the molecule is CCCCOc1ccc(C2/C(=C(\O)c3ccccc3)C(=O)C(=O)N2c2nc3ccc(F)cc3s2)cc1OCC. The number of carbonyl (C=O) groups is 2. The number of ether oxygens (including phenoxy) is 2. The summed E-state index contributed by atoms with van der Waals surface area (Å²) in [6.07, 6.45) is 1.85. The van der Waals surface area contributed by atoms with Crippen molar-refractivity contribution in [3.63, 3.8) is 0 Å². The molecule has 0 aliphatic carbocycles. The van der Waals surface area contributed by atoms with Crippen LogP contribution in [0.5, 0.6) is 11.5 Å². The van der Waals surface area contributed by atoms with E-state index < -0.39 is 23.5 Å². The number of nitrogens with zero attached hydrogens (tertiary/aromatic N) is 2. The number of anilines is 1. The first-order valence-electron chi connectivity index (χ1n) is 12.7. The van der Waals surface area contributed by atoms with Crippen LogP contribution in [0.4, 0.5) is 9.52 Å². The summed E-state index contributed by atoms with van der Waals surface area (Å²) in [4.78, 5) is 32.8. The number of halogens is 1. The van der Waals surface area contributed by atoms with Gasteiger partial charge in [-0.05, 0) is 49.2 Å². The van der Waals surface area contributed by atoms with Crippen LogP contribution in [-0.4, -0.2) is 35.0 Å². The van der Waals surface area contributed by atoms with Gasteiger partial charge in [-0.1, -0.05) is 61.1 Å². The Labute approximate surface area is 229 Å². The number of hydrogen-bond donors (Lipinski definition) is 1. The lowest BCUT2D eigenvalue weighted by Gasteiger charge is -2.24. The Kier molecular flexibility index (Phi) is 7.60. The van der Waals surface area contributed by atoms with E-state index in [9.17, 15) is 19.1 Å². The number of rotatable bonds is 9. The lowest BCUT2D eigenvalue weighted by Crippen LogP contribution is -2.29. The Hall–Kier alpha value is -4.24. The second kappa shape index (κ2) is 11.2. The predicted octanol–water partition coefficient (Wildman–Crippen LogP) is 6.64. The second-order valence-electron chi connectivity index (χ2n) is 8.98. The highest BCUT2D eigenvalue weighted by molar-refractivity contribution is 7.22. The van der Waals surface area contributed by atoms with Gasteiger partial charge in [-0.3, -0.25) is 14.5 Å². The fourth-order valence-corrected chi connectivity index (χ4v) is 5.51. The number of amides is 1. The van der Waals surface area contributed by atoms with Gasteiger partial charge in [-0.2, -0.15) is 0 Å². The van der Waals surface area contributed by atoms with Gasteiger partial charge in [0.05, 0.1) is 35.0 Å². The topological polar surface area (TPSA) is 89.0 Å². The van der Waals surface area contributed by atoms with Gasteiger partial charge in [0.1, 0.15) is 11.6 Å². The van der Waals surface area contributed by atoms with Crippen LogP contribution in [0.15, 0.2) is 72.3 Å². The average molecular weight is 547 g/mol. The third-order valence-electron chi connectivity index (χ3n) is 6.38. The maximum Gasteiger partial charge on any atom is 0.301 e. The summed E-state index contributed by atoms with van der Waals surface area (Å²) in [5.74, 6) is -1.39. The highest BCUT2D eigenvalue weighted by Crippen LogP contribution is 2.46. The molecule has 1 aliphatic heterocycles. The molecule has 1 saturated heterocycles. The molecular weight excluding hydrogens is 519 g/mol. The highest BCUT2D eigenvalue weighted by Gasteiger charge is 2.48. The number of fused-ring (bicyclic) bond motifs is 1. The molecular formula is C30H27FN2O5S. The number of benzene rings is 3. The van der Waals surface area contributed by atoms with Crippen LogP contribution >= 0.6 is 11.3 Å². The van der Waals surface area contributed by atoms with E-state index in [-0.39, 0.29) is 16.5 Å². The Morgan fingerprint density at radius 3 is 2.56 bits per heavy atom. The van der Waals surface area contributed by atoms with Crippen LogP contribution in [0.1, 0.15) is 43.9 Å². The van der Waals surface area contributed by atoms with Gasteiger partial charge in [0.15, 0.2) is 16.6 Å². The summed E-state index contributed by atoms with van der Waals surface area (Å²) in [7, 11) is 0. The van der Waals surface area contributed by atoms with Crippen LogP contribution < -0.4 is 14.4 Å². The van der Waals surface area contributed by atoms with Crippen molar-refractivity contribution >= 4 is 44.1 Å². The Morgan fingerprint density at radius 1 is 1.03 bits per heavy atom. The minimum atomic E-state index is -1.00. The number of aromatic nitrogens is 1. The van der Waals surface area contributed by atoms with Crippen molar-refractivity contribution in [1.29, 1.82) is 0 Å². The summed E-state index contributed by atoms with van der Waals surface area (Å²) in [6.45, 7) is 4.82. The maximum absolute atomic E-state index is 13.9. The molecule has 3 aromatic carbocycles. The van der Waals surface area contributed by atoms with Crippen LogP contribution in [0.25, 0.3) is 16.0 Å². The van der Waals surface area contributed by atoms with E-state index >= 15 is 0 Å². The molecule has 4 aromatic rings. The molecule has 5 rings (SSSR count). The Morgan fingerprint density at radius 2 is 1.82 bits per heavy atom. The maximum atomic E-state index is 13.9. The number of unbranched alkanes of at least 4 members (excludes halogenated alkanes) is 1. The van der Waals surface area contributed by atoms with Crippen molar-refractivity contribution in [2.45, 2.75) is 32.7 Å². The van der Waals surface area contributed by atoms with Gasteiger partial charge in [0, 0.05) is 5.56 Å². The average Bonchev–Trinajstić information content (AvgIpc) is 3.47. The third-order valence-corrected chi connectivity index (χ3v) is 7.39. The molecule has 200 valence electrons. The standard InChI is InChI=1S/C30H27FN2O5S/c1-3-5-15-38-22-14-11-19(16-23(22)37-4-2)26-25(27(34)18-9-7-6-8-10-18)28(35)29(36)33(26)30-32-21-13-12-20(31)17-24(21)39-30/h6-14,16-17,26,34H,3-5,15H2,1-2H3/b27-25+. The van der Waals surface area contributed by atoms with Crippen molar-refractivity contribution in [2.24, 2.45) is 0 Å². The first-order chi connectivity index (χ1) is 18.9. The Balaban J connectivity index is 1.69. The number of aliphatic hydroxyl groups is 1. The van der Waals surface area contributed by atoms with E-state index in [0.29, 0.717) is 46.1 Å². The van der Waals surface area contributed by atoms with Gasteiger partial charge >= 0.3 is 5.91 Å². The molecule has 0 bridgehead atoms. The number of carbonyl (C=O) groups excluding carboxylic acids is 2. The van der Waals surface area contributed by atoms with Gasteiger partial charge in [-0.25, -0.2) is 9.37 Å². The normalized spacial score (nSPS) is 16.7. The molecule has 1 fully saturated rings. The largest absolute Gasteiger partial charge is 0.507 e. The van der Waals surface area contributed by atoms with Crippen molar-refractivity contribution in [3.8, 4) is 11.5 Å². The quantitative estimate of drug-likeness (QED) is 0.110. The predicted molar refractivity (Wildman–Crippen MR) is 149 cm³/mol. The Bertz CT molecular complexity index is 1570. The molecule has 9 heteroatoms. The molecule has 2 heterocycles. The van der Waals surface area contributed by atoms with Crippen molar-refractivity contribution in [2.75, 3.05) is 18.1 Å². The molecule has 7 nitrogen and oxygen atoms in total. The second-order valence-corrected chi connectivity index (χ2v) is 9.99. The zero-order valence-corrected chi connectivity index (χ0v) is 22.3. The molecule has 1 N–H and O–H groups in total. The van der Waals surface area contributed by atoms with Crippen LogP contribution in [-0.2, 0) is 9.59 Å². The fourth-order valence-electron chi connectivity index (χ4n) is 4.49. The number of aliphatic hydroxyl groups excluding tert-OH is 1. The zero-order valence-electron chi connectivity index (χ0n) is 21.5. The summed E-state index contributed by atoms with van der Waals surface area (Å²) >= 11 is 1.10. The smallest absolute Gasteiger partial charge is 0.301 e. The monoisotopic (exact) mass is 546 g/mol. The van der Waals surface area contributed by atoms with Crippen LogP contribution in [0.3, 0.4) is 0 Å². The van der Waals surface area contributed by atoms with E-state index in [2.05, 4.69) is 11.9 Å².